The van der Waals surface area contributed by atoms with Gasteiger partial charge in [-0.05, 0) is 24.6 Å². The monoisotopic (exact) mass is 293 g/mol. The highest BCUT2D eigenvalue weighted by atomic mass is 16.5. The maximum Gasteiger partial charge on any atom is 0.334 e. The van der Waals surface area contributed by atoms with Gasteiger partial charge in [0.05, 0.1) is 26.7 Å². The molecular formula is C15H19NO5. The number of likely N-dealkylation sites (tertiary alicyclic amines) is 1. The number of nitrogens with zero attached hydrogens (tertiary/aromatic N) is 1. The fraction of sp³-hybridized carbons (Fsp3) is 0.467. The number of aliphatic hydroxyl groups is 1. The van der Waals surface area contributed by atoms with Crippen LogP contribution in [0, 0.1) is 0 Å². The molecule has 0 aromatic heterocycles. The summed E-state index contributed by atoms with van der Waals surface area (Å²) in [6.45, 7) is 1.75. The summed E-state index contributed by atoms with van der Waals surface area (Å²) in [5.74, 6) is -0.178. The molecule has 2 unspecified atom stereocenters. The number of aliphatic hydroxyl groups excluding tert-OH is 1. The first-order chi connectivity index (χ1) is 9.93. The number of methoxy groups -OCH3 is 2. The number of ether oxygens (including phenoxy) is 2. The number of amides is 1. The van der Waals surface area contributed by atoms with Crippen LogP contribution in [0.1, 0.15) is 18.9 Å². The summed E-state index contributed by atoms with van der Waals surface area (Å²) < 4.78 is 9.83. The number of rotatable bonds is 4. The molecule has 1 aromatic rings. The van der Waals surface area contributed by atoms with Gasteiger partial charge in [0, 0.05) is 6.54 Å². The molecule has 0 spiro atoms. The van der Waals surface area contributed by atoms with E-state index in [1.54, 1.807) is 19.2 Å². The van der Waals surface area contributed by atoms with E-state index in [0.29, 0.717) is 5.75 Å². The molecule has 1 saturated heterocycles. The van der Waals surface area contributed by atoms with E-state index in [2.05, 4.69) is 0 Å². The van der Waals surface area contributed by atoms with Crippen molar-refractivity contribution in [2.75, 3.05) is 14.2 Å². The molecule has 0 bridgehead atoms. The summed E-state index contributed by atoms with van der Waals surface area (Å²) in [5, 5.41) is 10.1. The fourth-order valence-electron chi connectivity index (χ4n) is 2.53. The number of esters is 1. The number of benzene rings is 1. The Balaban J connectivity index is 2.26. The summed E-state index contributed by atoms with van der Waals surface area (Å²) in [6, 6.07) is 7.19. The minimum Gasteiger partial charge on any atom is -0.497 e. The SMILES string of the molecule is COC(=O)C1(C)C(O)CC(=O)N1Cc1ccc(OC)cc1. The molecule has 2 rings (SSSR count). The quantitative estimate of drug-likeness (QED) is 0.828. The van der Waals surface area contributed by atoms with Crippen molar-refractivity contribution in [2.24, 2.45) is 0 Å². The number of hydrogen-bond acceptors (Lipinski definition) is 5. The average Bonchev–Trinajstić information content (AvgIpc) is 2.71. The van der Waals surface area contributed by atoms with E-state index >= 15 is 0 Å². The van der Waals surface area contributed by atoms with Crippen molar-refractivity contribution in [3.05, 3.63) is 29.8 Å². The van der Waals surface area contributed by atoms with Crippen molar-refractivity contribution in [1.29, 1.82) is 0 Å². The molecule has 1 fully saturated rings. The smallest absolute Gasteiger partial charge is 0.334 e. The normalized spacial score (nSPS) is 25.0. The van der Waals surface area contributed by atoms with Gasteiger partial charge in [-0.1, -0.05) is 12.1 Å². The average molecular weight is 293 g/mol. The molecule has 0 saturated carbocycles. The lowest BCUT2D eigenvalue weighted by Crippen LogP contribution is -2.55. The van der Waals surface area contributed by atoms with Crippen LogP contribution >= 0.6 is 0 Å². The van der Waals surface area contributed by atoms with Crippen LogP contribution in [-0.4, -0.2) is 47.7 Å². The molecule has 0 radical (unpaired) electrons. The Labute approximate surface area is 123 Å². The van der Waals surface area contributed by atoms with Gasteiger partial charge in [0.15, 0.2) is 5.54 Å². The largest absolute Gasteiger partial charge is 0.497 e. The third-order valence-electron chi connectivity index (χ3n) is 3.98. The van der Waals surface area contributed by atoms with E-state index in [0.717, 1.165) is 5.56 Å². The second-order valence-electron chi connectivity index (χ2n) is 5.19. The third kappa shape index (κ3) is 2.58. The molecule has 2 atom stereocenters. The van der Waals surface area contributed by atoms with Crippen molar-refractivity contribution in [3.63, 3.8) is 0 Å². The van der Waals surface area contributed by atoms with Gasteiger partial charge in [-0.3, -0.25) is 4.79 Å². The van der Waals surface area contributed by atoms with Crippen LogP contribution < -0.4 is 4.74 Å². The Morgan fingerprint density at radius 2 is 2.00 bits per heavy atom. The lowest BCUT2D eigenvalue weighted by Gasteiger charge is -2.34. The van der Waals surface area contributed by atoms with Crippen molar-refractivity contribution < 1.29 is 24.2 Å². The summed E-state index contributed by atoms with van der Waals surface area (Å²) in [7, 11) is 2.82. The van der Waals surface area contributed by atoms with Crippen molar-refractivity contribution >= 4 is 11.9 Å². The number of carbonyl (C=O) groups excluding carboxylic acids is 2. The van der Waals surface area contributed by atoms with Crippen molar-refractivity contribution in [1.82, 2.24) is 4.90 Å². The van der Waals surface area contributed by atoms with Gasteiger partial charge in [0.2, 0.25) is 5.91 Å². The highest BCUT2D eigenvalue weighted by Gasteiger charge is 2.55. The third-order valence-corrected chi connectivity index (χ3v) is 3.98. The Hall–Kier alpha value is -2.08. The van der Waals surface area contributed by atoms with Crippen LogP contribution in [-0.2, 0) is 20.9 Å². The summed E-state index contributed by atoms with van der Waals surface area (Å²) in [4.78, 5) is 25.4. The van der Waals surface area contributed by atoms with Crippen LogP contribution in [0.4, 0.5) is 0 Å². The van der Waals surface area contributed by atoms with Crippen LogP contribution in [0.5, 0.6) is 5.75 Å². The minimum absolute atomic E-state index is 0.0816. The lowest BCUT2D eigenvalue weighted by molar-refractivity contribution is -0.161. The van der Waals surface area contributed by atoms with E-state index in [9.17, 15) is 14.7 Å². The first-order valence-corrected chi connectivity index (χ1v) is 6.63. The lowest BCUT2D eigenvalue weighted by atomic mass is 9.95. The molecule has 1 aliphatic rings. The van der Waals surface area contributed by atoms with Crippen molar-refractivity contribution in [3.8, 4) is 5.75 Å². The molecule has 114 valence electrons. The molecule has 1 N–H and O–H groups in total. The predicted molar refractivity (Wildman–Crippen MR) is 74.6 cm³/mol. The van der Waals surface area contributed by atoms with E-state index < -0.39 is 17.6 Å². The van der Waals surface area contributed by atoms with E-state index in [1.165, 1.54) is 18.9 Å². The van der Waals surface area contributed by atoms with Gasteiger partial charge < -0.3 is 19.5 Å². The van der Waals surface area contributed by atoms with Gasteiger partial charge in [-0.2, -0.15) is 0 Å². The summed E-state index contributed by atoms with van der Waals surface area (Å²) in [5.41, 5.74) is -0.514. The Bertz CT molecular complexity index is 541. The van der Waals surface area contributed by atoms with Crippen LogP contribution in [0.3, 0.4) is 0 Å². The minimum atomic E-state index is -1.36. The maximum atomic E-state index is 12.1. The van der Waals surface area contributed by atoms with Crippen molar-refractivity contribution in [2.45, 2.75) is 31.5 Å². The van der Waals surface area contributed by atoms with E-state index in [1.807, 2.05) is 12.1 Å². The highest BCUT2D eigenvalue weighted by molar-refractivity contribution is 5.92. The molecule has 1 heterocycles. The second-order valence-corrected chi connectivity index (χ2v) is 5.19. The second kappa shape index (κ2) is 5.73. The van der Waals surface area contributed by atoms with Gasteiger partial charge in [-0.15, -0.1) is 0 Å². The van der Waals surface area contributed by atoms with Crippen LogP contribution in [0.15, 0.2) is 24.3 Å². The first-order valence-electron chi connectivity index (χ1n) is 6.63. The molecule has 1 amide bonds. The number of hydrogen-bond donors (Lipinski definition) is 1. The molecule has 0 aliphatic carbocycles. The first kappa shape index (κ1) is 15.3. The van der Waals surface area contributed by atoms with Crippen LogP contribution in [0.25, 0.3) is 0 Å². The van der Waals surface area contributed by atoms with Gasteiger partial charge in [0.25, 0.3) is 0 Å². The predicted octanol–water partition coefficient (Wildman–Crippen LogP) is 0.720. The Kier molecular flexibility index (Phi) is 4.18. The Morgan fingerprint density at radius 1 is 1.38 bits per heavy atom. The molecule has 1 aromatic carbocycles. The molecule has 6 heteroatoms. The highest BCUT2D eigenvalue weighted by Crippen LogP contribution is 2.33. The molecule has 21 heavy (non-hydrogen) atoms. The zero-order chi connectivity index (χ0) is 15.6. The Morgan fingerprint density at radius 3 is 2.52 bits per heavy atom. The number of carbonyl (C=O) groups is 2. The fourth-order valence-corrected chi connectivity index (χ4v) is 2.53. The molecular weight excluding hydrogens is 274 g/mol. The van der Waals surface area contributed by atoms with E-state index in [-0.39, 0.29) is 18.9 Å². The summed E-state index contributed by atoms with van der Waals surface area (Å²) in [6.07, 6.45) is -1.16. The summed E-state index contributed by atoms with van der Waals surface area (Å²) >= 11 is 0. The van der Waals surface area contributed by atoms with Gasteiger partial charge in [0.1, 0.15) is 5.75 Å². The molecule has 6 nitrogen and oxygen atoms in total. The molecule has 1 aliphatic heterocycles. The topological polar surface area (TPSA) is 76.1 Å². The standard InChI is InChI=1S/C15H19NO5/c1-15(14(19)21-3)12(17)8-13(18)16(15)9-10-4-6-11(20-2)7-5-10/h4-7,12,17H,8-9H2,1-3H3. The zero-order valence-electron chi connectivity index (χ0n) is 12.3. The van der Waals surface area contributed by atoms with Gasteiger partial charge >= 0.3 is 5.97 Å². The maximum absolute atomic E-state index is 12.1. The van der Waals surface area contributed by atoms with Gasteiger partial charge in [-0.25, -0.2) is 4.79 Å². The zero-order valence-corrected chi connectivity index (χ0v) is 12.3. The van der Waals surface area contributed by atoms with Crippen LogP contribution in [0.2, 0.25) is 0 Å². The van der Waals surface area contributed by atoms with E-state index in [4.69, 9.17) is 9.47 Å².